The number of carbonyl (C=O) groups excluding carboxylic acids is 2. The molecule has 0 saturated carbocycles. The van der Waals surface area contributed by atoms with Gasteiger partial charge < -0.3 is 9.64 Å². The predicted molar refractivity (Wildman–Crippen MR) is 104 cm³/mol. The molecule has 0 N–H and O–H groups in total. The van der Waals surface area contributed by atoms with Crippen molar-refractivity contribution in [2.45, 2.75) is 39.0 Å². The molecule has 0 spiro atoms. The fourth-order valence-electron chi connectivity index (χ4n) is 3.14. The van der Waals surface area contributed by atoms with Crippen molar-refractivity contribution in [2.24, 2.45) is 0 Å². The van der Waals surface area contributed by atoms with Crippen molar-refractivity contribution in [2.75, 3.05) is 36.8 Å². The molecule has 0 aliphatic carbocycles. The van der Waals surface area contributed by atoms with Crippen LogP contribution in [0.3, 0.4) is 0 Å². The highest BCUT2D eigenvalue weighted by Gasteiger charge is 2.22. The maximum atomic E-state index is 12.5. The third-order valence-electron chi connectivity index (χ3n) is 4.55. The van der Waals surface area contributed by atoms with Crippen LogP contribution in [0.25, 0.3) is 0 Å². The van der Waals surface area contributed by atoms with Gasteiger partial charge >= 0.3 is 5.97 Å². The van der Waals surface area contributed by atoms with Gasteiger partial charge in [0.05, 0.1) is 24.1 Å². The molecule has 1 aromatic rings. The van der Waals surface area contributed by atoms with Gasteiger partial charge in [-0.25, -0.2) is 13.2 Å². The summed E-state index contributed by atoms with van der Waals surface area (Å²) in [4.78, 5) is 26.0. The number of amides is 1. The fourth-order valence-corrected chi connectivity index (χ4v) is 4.07. The van der Waals surface area contributed by atoms with E-state index < -0.39 is 16.0 Å². The summed E-state index contributed by atoms with van der Waals surface area (Å²) in [5.41, 5.74) is 0.781. The van der Waals surface area contributed by atoms with Gasteiger partial charge in [-0.1, -0.05) is 12.8 Å². The topological polar surface area (TPSA) is 84.0 Å². The molecule has 1 saturated heterocycles. The van der Waals surface area contributed by atoms with Crippen LogP contribution in [0, 0.1) is 0 Å². The Hall–Kier alpha value is -2.09. The maximum Gasteiger partial charge on any atom is 0.338 e. The first-order chi connectivity index (χ1) is 12.8. The van der Waals surface area contributed by atoms with Crippen molar-refractivity contribution in [1.29, 1.82) is 0 Å². The van der Waals surface area contributed by atoms with Crippen molar-refractivity contribution < 1.29 is 22.7 Å². The summed E-state index contributed by atoms with van der Waals surface area (Å²) in [6.07, 6.45) is 5.50. The number of likely N-dealkylation sites (tertiary alicyclic amines) is 1. The molecule has 0 atom stereocenters. The SMILES string of the molecule is CCOC(=O)c1ccc(N(CCC(=O)N2CCCCCC2)S(C)(=O)=O)cc1. The molecule has 0 unspecified atom stereocenters. The average molecular weight is 397 g/mol. The van der Waals surface area contributed by atoms with Gasteiger partial charge in [0, 0.05) is 26.1 Å². The zero-order valence-corrected chi connectivity index (χ0v) is 16.8. The standard InChI is InChI=1S/C19H28N2O5S/c1-3-26-19(23)16-8-10-17(11-9-16)21(27(2,24)25)15-12-18(22)20-13-6-4-5-7-14-20/h8-11H,3-7,12-15H2,1-2H3. The van der Waals surface area contributed by atoms with Crippen molar-refractivity contribution in [3.05, 3.63) is 29.8 Å². The van der Waals surface area contributed by atoms with Crippen molar-refractivity contribution in [1.82, 2.24) is 4.90 Å². The minimum absolute atomic E-state index is 0.0197. The largest absolute Gasteiger partial charge is 0.462 e. The van der Waals surface area contributed by atoms with E-state index in [2.05, 4.69) is 0 Å². The lowest BCUT2D eigenvalue weighted by Crippen LogP contribution is -2.37. The van der Waals surface area contributed by atoms with Gasteiger partial charge in [0.2, 0.25) is 15.9 Å². The van der Waals surface area contributed by atoms with Crippen LogP contribution in [-0.4, -0.2) is 57.7 Å². The molecule has 0 bridgehead atoms. The number of hydrogen-bond donors (Lipinski definition) is 0. The summed E-state index contributed by atoms with van der Waals surface area (Å²) in [6, 6.07) is 6.18. The van der Waals surface area contributed by atoms with E-state index in [0.29, 0.717) is 11.3 Å². The van der Waals surface area contributed by atoms with Crippen molar-refractivity contribution >= 4 is 27.6 Å². The second-order valence-electron chi connectivity index (χ2n) is 6.65. The molecule has 7 nitrogen and oxygen atoms in total. The maximum absolute atomic E-state index is 12.5. The lowest BCUT2D eigenvalue weighted by atomic mass is 10.2. The molecule has 150 valence electrons. The quantitative estimate of drug-likeness (QED) is 0.661. The Balaban J connectivity index is 2.07. The Morgan fingerprint density at radius 1 is 1.07 bits per heavy atom. The van der Waals surface area contributed by atoms with E-state index in [1.807, 2.05) is 4.90 Å². The van der Waals surface area contributed by atoms with Gasteiger partial charge in [0.15, 0.2) is 0 Å². The van der Waals surface area contributed by atoms with E-state index in [0.717, 1.165) is 45.0 Å². The van der Waals surface area contributed by atoms with Crippen LogP contribution in [-0.2, 0) is 19.6 Å². The number of ether oxygens (including phenoxy) is 1. The molecule has 1 amide bonds. The number of carbonyl (C=O) groups is 2. The molecule has 1 aliphatic rings. The lowest BCUT2D eigenvalue weighted by molar-refractivity contribution is -0.130. The Kier molecular flexibility index (Phi) is 7.65. The van der Waals surface area contributed by atoms with Crippen LogP contribution in [0.1, 0.15) is 49.4 Å². The van der Waals surface area contributed by atoms with E-state index in [1.165, 1.54) is 16.4 Å². The van der Waals surface area contributed by atoms with Crippen LogP contribution >= 0.6 is 0 Å². The number of sulfonamides is 1. The number of rotatable bonds is 7. The zero-order chi connectivity index (χ0) is 19.9. The van der Waals surface area contributed by atoms with Gasteiger partial charge in [0.1, 0.15) is 0 Å². The molecular formula is C19H28N2O5S. The normalized spacial score (nSPS) is 15.1. The fraction of sp³-hybridized carbons (Fsp3) is 0.579. The van der Waals surface area contributed by atoms with Crippen molar-refractivity contribution in [3.63, 3.8) is 0 Å². The van der Waals surface area contributed by atoms with Gasteiger partial charge in [-0.05, 0) is 44.0 Å². The Morgan fingerprint density at radius 3 is 2.19 bits per heavy atom. The Bertz CT molecular complexity index is 738. The lowest BCUT2D eigenvalue weighted by Gasteiger charge is -2.25. The van der Waals surface area contributed by atoms with Gasteiger partial charge in [0.25, 0.3) is 0 Å². The second kappa shape index (κ2) is 9.73. The number of esters is 1. The highest BCUT2D eigenvalue weighted by atomic mass is 32.2. The molecule has 2 rings (SSSR count). The van der Waals surface area contributed by atoms with Gasteiger partial charge in [-0.15, -0.1) is 0 Å². The number of benzene rings is 1. The van der Waals surface area contributed by atoms with Crippen LogP contribution < -0.4 is 4.31 Å². The van der Waals surface area contributed by atoms with Crippen LogP contribution in [0.15, 0.2) is 24.3 Å². The summed E-state index contributed by atoms with van der Waals surface area (Å²) in [6.45, 7) is 3.55. The Labute approximate surface area is 161 Å². The summed E-state index contributed by atoms with van der Waals surface area (Å²) >= 11 is 0. The first-order valence-electron chi connectivity index (χ1n) is 9.35. The van der Waals surface area contributed by atoms with E-state index >= 15 is 0 Å². The summed E-state index contributed by atoms with van der Waals surface area (Å²) < 4.78 is 30.5. The smallest absolute Gasteiger partial charge is 0.338 e. The highest BCUT2D eigenvalue weighted by molar-refractivity contribution is 7.92. The molecule has 1 heterocycles. The van der Waals surface area contributed by atoms with Gasteiger partial charge in [-0.2, -0.15) is 0 Å². The molecule has 27 heavy (non-hydrogen) atoms. The second-order valence-corrected chi connectivity index (χ2v) is 8.55. The van der Waals surface area contributed by atoms with E-state index in [1.54, 1.807) is 19.1 Å². The molecule has 1 aliphatic heterocycles. The first-order valence-corrected chi connectivity index (χ1v) is 11.2. The van der Waals surface area contributed by atoms with Gasteiger partial charge in [-0.3, -0.25) is 9.10 Å². The molecule has 0 radical (unpaired) electrons. The zero-order valence-electron chi connectivity index (χ0n) is 16.0. The van der Waals surface area contributed by atoms with Crippen LogP contribution in [0.4, 0.5) is 5.69 Å². The average Bonchev–Trinajstić information content (AvgIpc) is 2.91. The number of nitrogens with zero attached hydrogens (tertiary/aromatic N) is 2. The first kappa shape index (κ1) is 21.2. The summed E-state index contributed by atoms with van der Waals surface area (Å²) in [7, 11) is -3.55. The molecule has 1 fully saturated rings. The van der Waals surface area contributed by atoms with E-state index in [4.69, 9.17) is 4.74 Å². The minimum Gasteiger partial charge on any atom is -0.462 e. The Morgan fingerprint density at radius 2 is 1.67 bits per heavy atom. The van der Waals surface area contributed by atoms with Crippen molar-refractivity contribution in [3.8, 4) is 0 Å². The van der Waals surface area contributed by atoms with E-state index in [9.17, 15) is 18.0 Å². The minimum atomic E-state index is -3.55. The van der Waals surface area contributed by atoms with Crippen LogP contribution in [0.5, 0.6) is 0 Å². The monoisotopic (exact) mass is 396 g/mol. The third-order valence-corrected chi connectivity index (χ3v) is 5.75. The third kappa shape index (κ3) is 6.23. The number of hydrogen-bond acceptors (Lipinski definition) is 5. The highest BCUT2D eigenvalue weighted by Crippen LogP contribution is 2.20. The summed E-state index contributed by atoms with van der Waals surface area (Å²) in [5, 5.41) is 0. The predicted octanol–water partition coefficient (Wildman–Crippen LogP) is 2.42. The van der Waals surface area contributed by atoms with Crippen LogP contribution in [0.2, 0.25) is 0 Å². The number of anilines is 1. The molecular weight excluding hydrogens is 368 g/mol. The molecule has 0 aromatic heterocycles. The summed E-state index contributed by atoms with van der Waals surface area (Å²) in [5.74, 6) is -0.472. The molecule has 8 heteroatoms. The molecule has 1 aromatic carbocycles. The van der Waals surface area contributed by atoms with E-state index in [-0.39, 0.29) is 25.5 Å².